The Bertz CT molecular complexity index is 610. The van der Waals surface area contributed by atoms with Gasteiger partial charge in [-0.3, -0.25) is 0 Å². The van der Waals surface area contributed by atoms with E-state index < -0.39 is 6.10 Å². The fraction of sp³-hybridized carbons (Fsp3) is 0.312. The van der Waals surface area contributed by atoms with Crippen molar-refractivity contribution >= 4 is 17.4 Å². The number of hydrogen-bond donors (Lipinski definition) is 3. The molecule has 0 saturated carbocycles. The second-order valence-electron chi connectivity index (χ2n) is 4.95. The predicted molar refractivity (Wildman–Crippen MR) is 85.4 cm³/mol. The molecule has 112 valence electrons. The van der Waals surface area contributed by atoms with Gasteiger partial charge in [0.25, 0.3) is 0 Å². The second-order valence-corrected chi connectivity index (χ2v) is 6.32. The number of carbonyl (C=O) groups is 1. The molecule has 2 aromatic rings. The van der Waals surface area contributed by atoms with E-state index in [4.69, 9.17) is 0 Å². The Morgan fingerprint density at radius 3 is 2.62 bits per heavy atom. The Morgan fingerprint density at radius 1 is 1.19 bits per heavy atom. The zero-order chi connectivity index (χ0) is 15.2. The zero-order valence-electron chi connectivity index (χ0n) is 12.2. The lowest BCUT2D eigenvalue weighted by Crippen LogP contribution is -2.37. The third-order valence-corrected chi connectivity index (χ3v) is 4.22. The average Bonchev–Trinajstić information content (AvgIpc) is 2.89. The summed E-state index contributed by atoms with van der Waals surface area (Å²) in [5.41, 5.74) is 1.85. The number of rotatable bonds is 5. The molecule has 0 saturated heterocycles. The molecule has 1 atom stereocenters. The quantitative estimate of drug-likeness (QED) is 0.795. The molecule has 2 amide bonds. The number of amides is 2. The summed E-state index contributed by atoms with van der Waals surface area (Å²) in [7, 11) is 0. The Hall–Kier alpha value is -1.85. The number of hydrogen-bond acceptors (Lipinski definition) is 3. The van der Waals surface area contributed by atoms with E-state index in [0.29, 0.717) is 6.54 Å². The Kier molecular flexibility index (Phi) is 5.36. The number of urea groups is 1. The highest BCUT2D eigenvalue weighted by atomic mass is 32.1. The van der Waals surface area contributed by atoms with Gasteiger partial charge in [0.05, 0.1) is 12.6 Å². The molecular formula is C16H20N2O2S. The van der Waals surface area contributed by atoms with E-state index in [-0.39, 0.29) is 12.6 Å². The van der Waals surface area contributed by atoms with Crippen molar-refractivity contribution in [2.45, 2.75) is 26.5 Å². The molecule has 0 aliphatic heterocycles. The van der Waals surface area contributed by atoms with Crippen molar-refractivity contribution in [3.8, 4) is 0 Å². The van der Waals surface area contributed by atoms with Gasteiger partial charge in [-0.25, -0.2) is 4.79 Å². The predicted octanol–water partition coefficient (Wildman–Crippen LogP) is 2.90. The smallest absolute Gasteiger partial charge is 0.315 e. The van der Waals surface area contributed by atoms with E-state index in [1.807, 2.05) is 50.2 Å². The van der Waals surface area contributed by atoms with Crippen molar-refractivity contribution in [3.63, 3.8) is 0 Å². The molecule has 1 aromatic heterocycles. The first-order valence-corrected chi connectivity index (χ1v) is 7.68. The zero-order valence-corrected chi connectivity index (χ0v) is 13.0. The van der Waals surface area contributed by atoms with Crippen LogP contribution in [-0.2, 0) is 6.54 Å². The summed E-state index contributed by atoms with van der Waals surface area (Å²) in [6.07, 6.45) is -0.694. The van der Waals surface area contributed by atoms with Crippen molar-refractivity contribution in [1.29, 1.82) is 0 Å². The van der Waals surface area contributed by atoms with Crippen LogP contribution in [0.4, 0.5) is 4.79 Å². The van der Waals surface area contributed by atoms with Crippen molar-refractivity contribution < 1.29 is 9.90 Å². The molecule has 3 N–H and O–H groups in total. The standard InChI is InChI=1S/C16H20N2O2S/c1-11-5-3-4-6-14(11)15(19)10-18-16(20)17-9-13-8-7-12(2)21-13/h3-8,15,19H,9-10H2,1-2H3,(H2,17,18,20). The highest BCUT2D eigenvalue weighted by Gasteiger charge is 2.11. The van der Waals surface area contributed by atoms with E-state index in [1.54, 1.807) is 11.3 Å². The summed E-state index contributed by atoms with van der Waals surface area (Å²) in [4.78, 5) is 14.1. The van der Waals surface area contributed by atoms with Crippen molar-refractivity contribution in [2.75, 3.05) is 6.54 Å². The van der Waals surface area contributed by atoms with Gasteiger partial charge in [0.1, 0.15) is 0 Å². The highest BCUT2D eigenvalue weighted by molar-refractivity contribution is 7.11. The number of thiophene rings is 1. The monoisotopic (exact) mass is 304 g/mol. The van der Waals surface area contributed by atoms with Crippen LogP contribution in [0.1, 0.15) is 27.0 Å². The lowest BCUT2D eigenvalue weighted by atomic mass is 10.0. The molecule has 0 bridgehead atoms. The number of aliphatic hydroxyl groups excluding tert-OH is 1. The number of benzene rings is 1. The number of aryl methyl sites for hydroxylation is 2. The molecular weight excluding hydrogens is 284 g/mol. The third-order valence-electron chi connectivity index (χ3n) is 3.22. The van der Waals surface area contributed by atoms with Crippen LogP contribution in [0.3, 0.4) is 0 Å². The summed E-state index contributed by atoms with van der Waals surface area (Å²) < 4.78 is 0. The molecule has 0 aliphatic rings. The van der Waals surface area contributed by atoms with Crippen LogP contribution in [0.15, 0.2) is 36.4 Å². The van der Waals surface area contributed by atoms with E-state index >= 15 is 0 Å². The van der Waals surface area contributed by atoms with Gasteiger partial charge in [-0.15, -0.1) is 11.3 Å². The van der Waals surface area contributed by atoms with Gasteiger partial charge in [0, 0.05) is 16.3 Å². The van der Waals surface area contributed by atoms with Crippen LogP contribution in [-0.4, -0.2) is 17.7 Å². The van der Waals surface area contributed by atoms with Gasteiger partial charge >= 0.3 is 6.03 Å². The Morgan fingerprint density at radius 2 is 1.95 bits per heavy atom. The summed E-state index contributed by atoms with van der Waals surface area (Å²) in [6.45, 7) is 4.68. The fourth-order valence-electron chi connectivity index (χ4n) is 2.07. The largest absolute Gasteiger partial charge is 0.387 e. The lowest BCUT2D eigenvalue weighted by molar-refractivity contribution is 0.172. The average molecular weight is 304 g/mol. The topological polar surface area (TPSA) is 61.4 Å². The molecule has 1 heterocycles. The normalized spacial score (nSPS) is 12.0. The van der Waals surface area contributed by atoms with Crippen LogP contribution in [0, 0.1) is 13.8 Å². The van der Waals surface area contributed by atoms with Crippen molar-refractivity contribution in [2.24, 2.45) is 0 Å². The van der Waals surface area contributed by atoms with Crippen LogP contribution in [0.2, 0.25) is 0 Å². The molecule has 0 fully saturated rings. The Balaban J connectivity index is 1.77. The molecule has 2 rings (SSSR count). The maximum Gasteiger partial charge on any atom is 0.315 e. The first kappa shape index (κ1) is 15.5. The molecule has 5 heteroatoms. The SMILES string of the molecule is Cc1ccc(CNC(=O)NCC(O)c2ccccc2C)s1. The highest BCUT2D eigenvalue weighted by Crippen LogP contribution is 2.16. The van der Waals surface area contributed by atoms with Crippen molar-refractivity contribution in [1.82, 2.24) is 10.6 Å². The summed E-state index contributed by atoms with van der Waals surface area (Å²) >= 11 is 1.66. The molecule has 21 heavy (non-hydrogen) atoms. The van der Waals surface area contributed by atoms with E-state index in [2.05, 4.69) is 10.6 Å². The van der Waals surface area contributed by atoms with E-state index in [1.165, 1.54) is 4.88 Å². The third kappa shape index (κ3) is 4.58. The summed E-state index contributed by atoms with van der Waals surface area (Å²) in [5.74, 6) is 0. The van der Waals surface area contributed by atoms with Crippen molar-refractivity contribution in [3.05, 3.63) is 57.3 Å². The summed E-state index contributed by atoms with van der Waals surface area (Å²) in [5, 5.41) is 15.6. The minimum atomic E-state index is -0.694. The van der Waals surface area contributed by atoms with Gasteiger partial charge < -0.3 is 15.7 Å². The number of carbonyl (C=O) groups excluding carboxylic acids is 1. The maximum absolute atomic E-state index is 11.7. The number of nitrogens with one attached hydrogen (secondary N) is 2. The van der Waals surface area contributed by atoms with Gasteiger partial charge in [0.15, 0.2) is 0 Å². The molecule has 1 unspecified atom stereocenters. The fourth-order valence-corrected chi connectivity index (χ4v) is 2.90. The molecule has 0 radical (unpaired) electrons. The lowest BCUT2D eigenvalue weighted by Gasteiger charge is -2.14. The summed E-state index contributed by atoms with van der Waals surface area (Å²) in [6, 6.07) is 11.4. The van der Waals surface area contributed by atoms with Crippen LogP contribution < -0.4 is 10.6 Å². The maximum atomic E-state index is 11.7. The minimum Gasteiger partial charge on any atom is -0.387 e. The number of aliphatic hydroxyl groups is 1. The van der Waals surface area contributed by atoms with Crippen LogP contribution >= 0.6 is 11.3 Å². The van der Waals surface area contributed by atoms with Crippen LogP contribution in [0.25, 0.3) is 0 Å². The second kappa shape index (κ2) is 7.24. The van der Waals surface area contributed by atoms with Crippen LogP contribution in [0.5, 0.6) is 0 Å². The first-order valence-electron chi connectivity index (χ1n) is 6.87. The molecule has 0 spiro atoms. The molecule has 0 aliphatic carbocycles. The molecule has 4 nitrogen and oxygen atoms in total. The van der Waals surface area contributed by atoms with E-state index in [0.717, 1.165) is 16.0 Å². The van der Waals surface area contributed by atoms with Gasteiger partial charge in [-0.1, -0.05) is 24.3 Å². The van der Waals surface area contributed by atoms with Gasteiger partial charge in [-0.2, -0.15) is 0 Å². The van der Waals surface area contributed by atoms with Gasteiger partial charge in [-0.05, 0) is 37.1 Å². The first-order chi connectivity index (χ1) is 10.1. The van der Waals surface area contributed by atoms with Gasteiger partial charge in [0.2, 0.25) is 0 Å². The molecule has 1 aromatic carbocycles. The van der Waals surface area contributed by atoms with E-state index in [9.17, 15) is 9.90 Å². The Labute approximate surface area is 128 Å². The minimum absolute atomic E-state index is 0.195.